The minimum Gasteiger partial charge on any atom is -0.434 e. The summed E-state index contributed by atoms with van der Waals surface area (Å²) in [4.78, 5) is 27.5. The molecule has 1 N–H and O–H groups in total. The molecule has 0 aliphatic carbocycles. The third kappa shape index (κ3) is 5.39. The predicted octanol–water partition coefficient (Wildman–Crippen LogP) is 6.56. The van der Waals surface area contributed by atoms with Crippen molar-refractivity contribution in [1.29, 1.82) is 5.26 Å². The van der Waals surface area contributed by atoms with Crippen LogP contribution in [0.1, 0.15) is 51.5 Å². The molecule has 4 heterocycles. The van der Waals surface area contributed by atoms with Crippen LogP contribution in [0.25, 0.3) is 33.7 Å². The molecule has 7 rings (SSSR count). The highest BCUT2D eigenvalue weighted by atomic mass is 35.5. The van der Waals surface area contributed by atoms with Gasteiger partial charge < -0.3 is 19.2 Å². The molecule has 5 aromatic rings. The van der Waals surface area contributed by atoms with Crippen LogP contribution in [0.3, 0.4) is 0 Å². The van der Waals surface area contributed by atoms with E-state index in [9.17, 15) is 10.1 Å². The van der Waals surface area contributed by atoms with Crippen LogP contribution in [-0.4, -0.2) is 56.9 Å². The van der Waals surface area contributed by atoms with E-state index in [0.717, 1.165) is 71.8 Å². The van der Waals surface area contributed by atoms with Gasteiger partial charge in [-0.1, -0.05) is 35.9 Å². The van der Waals surface area contributed by atoms with Gasteiger partial charge in [-0.15, -0.1) is 0 Å². The monoisotopic (exact) mass is 619 g/mol. The lowest BCUT2D eigenvalue weighted by molar-refractivity contribution is 0.101. The first kappa shape index (κ1) is 29.2. The number of halogens is 1. The van der Waals surface area contributed by atoms with Crippen molar-refractivity contribution in [2.75, 3.05) is 32.0 Å². The molecule has 228 valence electrons. The molecule has 0 radical (unpaired) electrons. The molecule has 2 aromatic heterocycles. The number of imidazole rings is 1. The molecule has 2 aliphatic rings. The van der Waals surface area contributed by atoms with E-state index in [1.54, 1.807) is 6.07 Å². The van der Waals surface area contributed by atoms with Crippen LogP contribution in [-0.2, 0) is 26.6 Å². The molecule has 0 spiro atoms. The highest BCUT2D eigenvalue weighted by molar-refractivity contribution is 6.34. The Kier molecular flexibility index (Phi) is 7.66. The van der Waals surface area contributed by atoms with Crippen molar-refractivity contribution < 1.29 is 9.21 Å². The molecule has 0 atom stereocenters. The Morgan fingerprint density at radius 2 is 1.80 bits per heavy atom. The van der Waals surface area contributed by atoms with Crippen molar-refractivity contribution in [3.63, 3.8) is 0 Å². The van der Waals surface area contributed by atoms with Crippen LogP contribution in [0.15, 0.2) is 52.9 Å². The van der Waals surface area contributed by atoms with Gasteiger partial charge in [0.1, 0.15) is 11.6 Å². The fourth-order valence-electron chi connectivity index (χ4n) is 6.65. The summed E-state index contributed by atoms with van der Waals surface area (Å²) < 4.78 is 8.09. The van der Waals surface area contributed by atoms with Gasteiger partial charge in [0.2, 0.25) is 5.89 Å². The second-order valence-corrected chi connectivity index (χ2v) is 12.5. The summed E-state index contributed by atoms with van der Waals surface area (Å²) >= 11 is 6.67. The van der Waals surface area contributed by atoms with Gasteiger partial charge in [-0.2, -0.15) is 5.26 Å². The maximum absolute atomic E-state index is 13.4. The molecule has 0 unspecified atom stereocenters. The number of oxazole rings is 1. The van der Waals surface area contributed by atoms with Crippen molar-refractivity contribution in [3.8, 4) is 28.7 Å². The molecule has 9 nitrogen and oxygen atoms in total. The molecule has 2 aliphatic heterocycles. The van der Waals surface area contributed by atoms with Gasteiger partial charge in [0.25, 0.3) is 5.91 Å². The molecule has 3 aromatic carbocycles. The molecular formula is C35H34ClN7O2. The summed E-state index contributed by atoms with van der Waals surface area (Å²) in [6.45, 7) is 6.66. The molecule has 1 saturated heterocycles. The number of likely N-dealkylation sites (N-methyl/N-ethyl adjacent to an activating group) is 1. The standard InChI is InChI=1S/C35H34ClN7O2/c1-21-23(8-6-9-24(21)35-40-29-17-22(16-27(36)32(29)45-35)19-43-13-4-5-14-43)25-10-7-11-28(26(25)18-37)39-34(44)33-38-30-20-41(2)15-12-31(30)42(33)3/h6-11,16-17H,4-5,12-15,19-20H2,1-3H3,(H,39,44). The number of nitrogens with one attached hydrogen (secondary N) is 1. The average molecular weight is 620 g/mol. The molecule has 0 bridgehead atoms. The zero-order valence-corrected chi connectivity index (χ0v) is 26.4. The van der Waals surface area contributed by atoms with E-state index in [0.29, 0.717) is 45.7 Å². The third-order valence-electron chi connectivity index (χ3n) is 9.04. The molecule has 45 heavy (non-hydrogen) atoms. The first-order valence-corrected chi connectivity index (χ1v) is 15.7. The predicted molar refractivity (Wildman–Crippen MR) is 175 cm³/mol. The van der Waals surface area contributed by atoms with Gasteiger partial charge in [0.15, 0.2) is 11.4 Å². The van der Waals surface area contributed by atoms with Crippen LogP contribution < -0.4 is 5.32 Å². The first-order valence-electron chi connectivity index (χ1n) is 15.3. The Balaban J connectivity index is 1.21. The number of nitriles is 1. The van der Waals surface area contributed by atoms with Crippen LogP contribution in [0.2, 0.25) is 5.02 Å². The van der Waals surface area contributed by atoms with Crippen molar-refractivity contribution in [2.45, 2.75) is 39.3 Å². The average Bonchev–Trinajstić information content (AvgIpc) is 3.77. The van der Waals surface area contributed by atoms with Crippen LogP contribution >= 0.6 is 11.6 Å². The Morgan fingerprint density at radius 1 is 1.04 bits per heavy atom. The largest absolute Gasteiger partial charge is 0.434 e. The summed E-state index contributed by atoms with van der Waals surface area (Å²) in [5.41, 5.74) is 8.46. The minimum absolute atomic E-state index is 0.334. The third-order valence-corrected chi connectivity index (χ3v) is 9.32. The highest BCUT2D eigenvalue weighted by Gasteiger charge is 2.25. The summed E-state index contributed by atoms with van der Waals surface area (Å²) in [6.07, 6.45) is 3.29. The van der Waals surface area contributed by atoms with Gasteiger partial charge in [0.05, 0.1) is 22.0 Å². The number of anilines is 1. The Bertz CT molecular complexity index is 2000. The topological polar surface area (TPSA) is 103 Å². The van der Waals surface area contributed by atoms with Crippen molar-refractivity contribution >= 4 is 34.3 Å². The van der Waals surface area contributed by atoms with Gasteiger partial charge in [-0.05, 0) is 80.9 Å². The van der Waals surface area contributed by atoms with Crippen molar-refractivity contribution in [1.82, 2.24) is 24.3 Å². The Labute approximate surface area is 267 Å². The maximum atomic E-state index is 13.4. The van der Waals surface area contributed by atoms with Gasteiger partial charge in [0, 0.05) is 49.9 Å². The van der Waals surface area contributed by atoms with E-state index in [1.807, 2.05) is 62.0 Å². The van der Waals surface area contributed by atoms with Gasteiger partial charge in [-0.25, -0.2) is 9.97 Å². The van der Waals surface area contributed by atoms with Crippen molar-refractivity contribution in [3.05, 3.63) is 87.5 Å². The number of benzene rings is 3. The Hall–Kier alpha value is -4.49. The normalized spacial score (nSPS) is 15.4. The molecule has 1 amide bonds. The van der Waals surface area contributed by atoms with Crippen LogP contribution in [0.4, 0.5) is 5.69 Å². The van der Waals surface area contributed by atoms with Crippen molar-refractivity contribution in [2.24, 2.45) is 7.05 Å². The lowest BCUT2D eigenvalue weighted by Gasteiger charge is -2.21. The quantitative estimate of drug-likeness (QED) is 0.229. The fraction of sp³-hybridized carbons (Fsp3) is 0.314. The summed E-state index contributed by atoms with van der Waals surface area (Å²) in [5.74, 6) is 0.457. The lowest BCUT2D eigenvalue weighted by atomic mass is 9.92. The summed E-state index contributed by atoms with van der Waals surface area (Å²) in [7, 11) is 3.92. The second-order valence-electron chi connectivity index (χ2n) is 12.1. The number of carbonyl (C=O) groups is 1. The lowest BCUT2D eigenvalue weighted by Crippen LogP contribution is -2.27. The highest BCUT2D eigenvalue weighted by Crippen LogP contribution is 2.38. The summed E-state index contributed by atoms with van der Waals surface area (Å²) in [5, 5.41) is 13.8. The van der Waals surface area contributed by atoms with Crippen LogP contribution in [0, 0.1) is 18.3 Å². The number of nitrogens with zero attached hydrogens (tertiary/aromatic N) is 6. The molecule has 1 fully saturated rings. The van der Waals surface area contributed by atoms with Gasteiger partial charge >= 0.3 is 0 Å². The van der Waals surface area contributed by atoms with E-state index >= 15 is 0 Å². The van der Waals surface area contributed by atoms with Gasteiger partial charge in [-0.3, -0.25) is 9.69 Å². The number of hydrogen-bond donors (Lipinski definition) is 1. The van der Waals surface area contributed by atoms with E-state index in [1.165, 1.54) is 12.8 Å². The SMILES string of the molecule is Cc1c(-c2nc3cc(CN4CCCC4)cc(Cl)c3o2)cccc1-c1cccc(NC(=O)c2nc3c(n2C)CCN(C)C3)c1C#N. The summed E-state index contributed by atoms with van der Waals surface area (Å²) in [6, 6.07) is 17.7. The van der Waals surface area contributed by atoms with Crippen LogP contribution in [0.5, 0.6) is 0 Å². The van der Waals surface area contributed by atoms with E-state index in [4.69, 9.17) is 21.0 Å². The smallest absolute Gasteiger partial charge is 0.291 e. The fourth-order valence-corrected chi connectivity index (χ4v) is 6.93. The first-order chi connectivity index (χ1) is 21.8. The second kappa shape index (κ2) is 11.8. The van der Waals surface area contributed by atoms with E-state index < -0.39 is 0 Å². The number of likely N-dealkylation sites (tertiary alicyclic amines) is 1. The minimum atomic E-state index is -0.346. The van der Waals surface area contributed by atoms with E-state index in [-0.39, 0.29) is 5.91 Å². The Morgan fingerprint density at radius 3 is 2.60 bits per heavy atom. The zero-order valence-electron chi connectivity index (χ0n) is 25.7. The molecule has 10 heteroatoms. The zero-order chi connectivity index (χ0) is 31.2. The maximum Gasteiger partial charge on any atom is 0.291 e. The molecular weight excluding hydrogens is 586 g/mol. The number of hydrogen-bond acceptors (Lipinski definition) is 7. The number of amides is 1. The number of rotatable bonds is 6. The number of carbonyl (C=O) groups excluding carboxylic acids is 1. The molecule has 0 saturated carbocycles. The number of fused-ring (bicyclic) bond motifs is 2. The number of aromatic nitrogens is 3. The van der Waals surface area contributed by atoms with E-state index in [2.05, 4.69) is 32.2 Å².